The Hall–Kier alpha value is -1.58. The molecular weight excluding hydrogens is 242 g/mol. The van der Waals surface area contributed by atoms with Gasteiger partial charge in [0.15, 0.2) is 0 Å². The van der Waals surface area contributed by atoms with Crippen LogP contribution in [0.15, 0.2) is 28.0 Å². The van der Waals surface area contributed by atoms with E-state index in [2.05, 4.69) is 12.1 Å². The number of allylic oxidation sites excluding steroid dienone is 2. The molecule has 0 bridgehead atoms. The summed E-state index contributed by atoms with van der Waals surface area (Å²) in [6, 6.07) is 0. The maximum Gasteiger partial charge on any atom is 0.309 e. The number of nitrogens with zero attached hydrogens (tertiary/aromatic N) is 1. The van der Waals surface area contributed by atoms with Crippen LogP contribution in [0.2, 0.25) is 0 Å². The molecule has 0 saturated carbocycles. The number of hydrogen-bond donors (Lipinski definition) is 1. The van der Waals surface area contributed by atoms with Gasteiger partial charge >= 0.3 is 5.97 Å². The van der Waals surface area contributed by atoms with Gasteiger partial charge in [0.2, 0.25) is 0 Å². The van der Waals surface area contributed by atoms with E-state index in [1.165, 1.54) is 5.57 Å². The molecule has 4 atom stereocenters. The van der Waals surface area contributed by atoms with Crippen molar-refractivity contribution in [3.63, 3.8) is 0 Å². The van der Waals surface area contributed by atoms with Crippen LogP contribution in [0.5, 0.6) is 0 Å². The van der Waals surface area contributed by atoms with E-state index in [1.807, 2.05) is 19.9 Å². The lowest BCUT2D eigenvalue weighted by atomic mass is 9.81. The van der Waals surface area contributed by atoms with Crippen LogP contribution in [0, 0.1) is 17.8 Å². The molecule has 0 aromatic carbocycles. The van der Waals surface area contributed by atoms with E-state index in [9.17, 15) is 10.0 Å². The van der Waals surface area contributed by atoms with Crippen LogP contribution in [0.3, 0.4) is 0 Å². The first kappa shape index (κ1) is 12.5. The van der Waals surface area contributed by atoms with Crippen molar-refractivity contribution in [2.24, 2.45) is 22.9 Å². The van der Waals surface area contributed by atoms with Gasteiger partial charge in [-0.05, 0) is 38.3 Å². The predicted octanol–water partition coefficient (Wildman–Crippen LogP) is 2.68. The van der Waals surface area contributed by atoms with Gasteiger partial charge in [-0.1, -0.05) is 23.2 Å². The van der Waals surface area contributed by atoms with Crippen LogP contribution in [-0.4, -0.2) is 23.0 Å². The molecule has 0 aromatic rings. The fraction of sp³-hybridized carbons (Fsp3) is 0.600. The zero-order chi connectivity index (χ0) is 13.7. The highest BCUT2D eigenvalue weighted by Gasteiger charge is 2.50. The number of fused-ring (bicyclic) bond motifs is 3. The van der Waals surface area contributed by atoms with Gasteiger partial charge in [0.1, 0.15) is 11.8 Å². The van der Waals surface area contributed by atoms with Crippen molar-refractivity contribution in [1.82, 2.24) is 0 Å². The third-order valence-electron chi connectivity index (χ3n) is 4.88. The molecule has 0 amide bonds. The minimum atomic E-state index is -0.0922. The summed E-state index contributed by atoms with van der Waals surface area (Å²) >= 11 is 0. The van der Waals surface area contributed by atoms with E-state index in [-0.39, 0.29) is 29.8 Å². The molecule has 3 aliphatic rings. The second-order valence-corrected chi connectivity index (χ2v) is 5.94. The van der Waals surface area contributed by atoms with Gasteiger partial charge in [0.05, 0.1) is 5.92 Å². The van der Waals surface area contributed by atoms with Crippen LogP contribution in [0.1, 0.15) is 33.6 Å². The fourth-order valence-corrected chi connectivity index (χ4v) is 3.80. The molecule has 0 radical (unpaired) electrons. The Morgan fingerprint density at radius 3 is 2.84 bits per heavy atom. The van der Waals surface area contributed by atoms with Gasteiger partial charge in [0, 0.05) is 11.8 Å². The van der Waals surface area contributed by atoms with Gasteiger partial charge < -0.3 is 9.94 Å². The van der Waals surface area contributed by atoms with Gasteiger partial charge in [-0.25, -0.2) is 0 Å². The molecule has 1 saturated heterocycles. The highest BCUT2D eigenvalue weighted by Crippen LogP contribution is 2.47. The molecule has 0 unspecified atom stereocenters. The molecule has 102 valence electrons. The maximum atomic E-state index is 11.8. The summed E-state index contributed by atoms with van der Waals surface area (Å²) in [6.45, 7) is 6.07. The molecule has 3 rings (SSSR count). The van der Waals surface area contributed by atoms with Crippen molar-refractivity contribution >= 4 is 11.7 Å². The van der Waals surface area contributed by atoms with E-state index in [0.717, 1.165) is 24.0 Å². The molecule has 4 heteroatoms. The minimum Gasteiger partial charge on any atom is -0.461 e. The average molecular weight is 261 g/mol. The quantitative estimate of drug-likeness (QED) is 0.414. The van der Waals surface area contributed by atoms with E-state index in [1.54, 1.807) is 0 Å². The van der Waals surface area contributed by atoms with Crippen LogP contribution >= 0.6 is 0 Å². The Morgan fingerprint density at radius 1 is 1.42 bits per heavy atom. The predicted molar refractivity (Wildman–Crippen MR) is 70.9 cm³/mol. The Kier molecular flexibility index (Phi) is 2.77. The Labute approximate surface area is 112 Å². The van der Waals surface area contributed by atoms with Crippen LogP contribution in [-0.2, 0) is 9.53 Å². The third kappa shape index (κ3) is 1.66. The van der Waals surface area contributed by atoms with Crippen molar-refractivity contribution in [3.8, 4) is 0 Å². The standard InChI is InChI=1S/C15H19NO3/c1-7-4-5-10-9(3)15(17)19-14(10)13-8(2)6-11(16-18)12(7)13/h6,9-10,13-14,18H,4-5H2,1-3H3/b16-11-/t9-,10+,13+,14+/m1/s1. The van der Waals surface area contributed by atoms with E-state index in [0.29, 0.717) is 5.71 Å². The topological polar surface area (TPSA) is 58.9 Å². The van der Waals surface area contributed by atoms with Crippen molar-refractivity contribution in [3.05, 3.63) is 22.8 Å². The zero-order valence-electron chi connectivity index (χ0n) is 11.5. The smallest absolute Gasteiger partial charge is 0.309 e. The monoisotopic (exact) mass is 261 g/mol. The van der Waals surface area contributed by atoms with Crippen molar-refractivity contribution in [1.29, 1.82) is 0 Å². The lowest BCUT2D eigenvalue weighted by Gasteiger charge is -2.24. The number of carbonyl (C=O) groups is 1. The van der Waals surface area contributed by atoms with E-state index < -0.39 is 0 Å². The van der Waals surface area contributed by atoms with Gasteiger partial charge in [0.25, 0.3) is 0 Å². The van der Waals surface area contributed by atoms with Gasteiger partial charge in [-0.3, -0.25) is 4.79 Å². The Bertz CT molecular complexity index is 530. The first-order chi connectivity index (χ1) is 9.04. The minimum absolute atomic E-state index is 0.0277. The van der Waals surface area contributed by atoms with Crippen LogP contribution < -0.4 is 0 Å². The van der Waals surface area contributed by atoms with E-state index >= 15 is 0 Å². The first-order valence-electron chi connectivity index (χ1n) is 6.85. The highest BCUT2D eigenvalue weighted by molar-refractivity contribution is 6.12. The van der Waals surface area contributed by atoms with Gasteiger partial charge in [-0.2, -0.15) is 0 Å². The fourth-order valence-electron chi connectivity index (χ4n) is 3.80. The molecule has 2 aliphatic carbocycles. The highest BCUT2D eigenvalue weighted by atomic mass is 16.6. The maximum absolute atomic E-state index is 11.8. The Balaban J connectivity index is 2.08. The molecule has 1 fully saturated rings. The average Bonchev–Trinajstić information content (AvgIpc) is 2.80. The summed E-state index contributed by atoms with van der Waals surface area (Å²) < 4.78 is 5.63. The lowest BCUT2D eigenvalue weighted by molar-refractivity contribution is -0.144. The van der Waals surface area contributed by atoms with Crippen molar-refractivity contribution < 1.29 is 14.7 Å². The molecule has 19 heavy (non-hydrogen) atoms. The van der Waals surface area contributed by atoms with Crippen LogP contribution in [0.4, 0.5) is 0 Å². The number of rotatable bonds is 0. The number of carbonyl (C=O) groups excluding carboxylic acids is 1. The largest absolute Gasteiger partial charge is 0.461 e. The lowest BCUT2D eigenvalue weighted by Crippen LogP contribution is -2.28. The Morgan fingerprint density at radius 2 is 2.16 bits per heavy atom. The van der Waals surface area contributed by atoms with Crippen molar-refractivity contribution in [2.45, 2.75) is 39.7 Å². The van der Waals surface area contributed by atoms with Crippen LogP contribution in [0.25, 0.3) is 0 Å². The SMILES string of the molecule is CC1=C/C(=N/O)C2=C(C)CC[C@@H]3[C@H](OC(=O)[C@@H]3C)[C@@H]12. The molecule has 1 N–H and O–H groups in total. The summed E-state index contributed by atoms with van der Waals surface area (Å²) in [5.74, 6) is 0.231. The summed E-state index contributed by atoms with van der Waals surface area (Å²) in [5.41, 5.74) is 4.08. The molecule has 0 aromatic heterocycles. The molecule has 4 nitrogen and oxygen atoms in total. The van der Waals surface area contributed by atoms with E-state index in [4.69, 9.17) is 4.74 Å². The second-order valence-electron chi connectivity index (χ2n) is 5.94. The summed E-state index contributed by atoms with van der Waals surface area (Å²) in [6.07, 6.45) is 3.72. The summed E-state index contributed by atoms with van der Waals surface area (Å²) in [5, 5.41) is 12.6. The zero-order valence-corrected chi connectivity index (χ0v) is 11.5. The van der Waals surface area contributed by atoms with Gasteiger partial charge in [-0.15, -0.1) is 0 Å². The number of hydrogen-bond acceptors (Lipinski definition) is 4. The number of oxime groups is 1. The molecule has 0 spiro atoms. The number of esters is 1. The van der Waals surface area contributed by atoms with Crippen molar-refractivity contribution in [2.75, 3.05) is 0 Å². The summed E-state index contributed by atoms with van der Waals surface area (Å²) in [7, 11) is 0. The molecule has 1 aliphatic heterocycles. The normalized spacial score (nSPS) is 39.8. The third-order valence-corrected chi connectivity index (χ3v) is 4.88. The molecular formula is C15H19NO3. The first-order valence-corrected chi connectivity index (χ1v) is 6.85. The number of ether oxygens (including phenoxy) is 1. The summed E-state index contributed by atoms with van der Waals surface area (Å²) in [4.78, 5) is 11.8. The molecule has 1 heterocycles. The second kappa shape index (κ2) is 4.22.